The molecule has 0 radical (unpaired) electrons. The van der Waals surface area contributed by atoms with Crippen LogP contribution in [-0.2, 0) is 19.1 Å². The number of aromatic nitrogens is 1. The quantitative estimate of drug-likeness (QED) is 0.663. The van der Waals surface area contributed by atoms with E-state index in [-0.39, 0.29) is 23.2 Å². The fourth-order valence-corrected chi connectivity index (χ4v) is 2.80. The number of nitrogens with one attached hydrogen (secondary N) is 2. The first-order valence-electron chi connectivity index (χ1n) is 8.39. The third kappa shape index (κ3) is 6.51. The van der Waals surface area contributed by atoms with Crippen molar-refractivity contribution in [2.75, 3.05) is 5.32 Å². The molecule has 0 unspecified atom stereocenters. The van der Waals surface area contributed by atoms with E-state index in [2.05, 4.69) is 15.6 Å². The molecule has 7 nitrogen and oxygen atoms in total. The Labute approximate surface area is 172 Å². The normalized spacial score (nSPS) is 12.6. The molecule has 0 saturated carbocycles. The van der Waals surface area contributed by atoms with E-state index < -0.39 is 24.0 Å². The van der Waals surface area contributed by atoms with Crippen molar-refractivity contribution in [2.45, 2.75) is 32.4 Å². The molecule has 2 aromatic rings. The summed E-state index contributed by atoms with van der Waals surface area (Å²) in [4.78, 5) is 39.9. The minimum Gasteiger partial charge on any atom is -0.452 e. The number of hydrogen-bond donors (Lipinski definition) is 2. The fraction of sp³-hybridized carbons (Fsp3) is 0.263. The summed E-state index contributed by atoms with van der Waals surface area (Å²) in [5, 5.41) is 5.66. The molecule has 2 amide bonds. The van der Waals surface area contributed by atoms with E-state index in [4.69, 9.17) is 27.9 Å². The van der Waals surface area contributed by atoms with E-state index in [0.29, 0.717) is 5.02 Å². The highest BCUT2D eigenvalue weighted by atomic mass is 35.5. The van der Waals surface area contributed by atoms with Gasteiger partial charge in [0.2, 0.25) is 5.91 Å². The molecule has 2 N–H and O–H groups in total. The maximum Gasteiger partial charge on any atom is 0.309 e. The van der Waals surface area contributed by atoms with E-state index in [1.54, 1.807) is 24.3 Å². The van der Waals surface area contributed by atoms with Crippen LogP contribution >= 0.6 is 23.2 Å². The van der Waals surface area contributed by atoms with Gasteiger partial charge in [-0.2, -0.15) is 0 Å². The molecule has 9 heteroatoms. The van der Waals surface area contributed by atoms with Gasteiger partial charge in [0.15, 0.2) is 11.9 Å². The monoisotopic (exact) mass is 423 g/mol. The van der Waals surface area contributed by atoms with E-state index >= 15 is 0 Å². The standard InChI is InChI=1S/C19H19Cl2N3O4/c1-11(19(27)24-18-15(21)8-14(20)10-22-18)28-17(26)9-16(23-12(2)25)13-6-4-3-5-7-13/h3-8,10-11,16H,9H2,1-2H3,(H,23,25)(H,22,24,27)/t11-,16+/m0/s1. The van der Waals surface area contributed by atoms with E-state index in [0.717, 1.165) is 5.56 Å². The Morgan fingerprint density at radius 3 is 2.46 bits per heavy atom. The lowest BCUT2D eigenvalue weighted by Gasteiger charge is -2.19. The molecule has 0 aliphatic heterocycles. The van der Waals surface area contributed by atoms with Gasteiger partial charge in [0.1, 0.15) is 0 Å². The topological polar surface area (TPSA) is 97.4 Å². The number of nitrogens with zero attached hydrogens (tertiary/aromatic N) is 1. The Morgan fingerprint density at radius 1 is 1.18 bits per heavy atom. The number of carbonyl (C=O) groups excluding carboxylic acids is 3. The largest absolute Gasteiger partial charge is 0.452 e. The average molecular weight is 424 g/mol. The molecule has 0 bridgehead atoms. The van der Waals surface area contributed by atoms with Gasteiger partial charge in [-0.1, -0.05) is 53.5 Å². The van der Waals surface area contributed by atoms with Crippen LogP contribution < -0.4 is 10.6 Å². The van der Waals surface area contributed by atoms with Crippen LogP contribution in [0.2, 0.25) is 10.0 Å². The van der Waals surface area contributed by atoms with Gasteiger partial charge < -0.3 is 15.4 Å². The third-order valence-electron chi connectivity index (χ3n) is 3.68. The van der Waals surface area contributed by atoms with Gasteiger partial charge in [0.05, 0.1) is 22.5 Å². The van der Waals surface area contributed by atoms with Gasteiger partial charge in [-0.15, -0.1) is 0 Å². The number of anilines is 1. The van der Waals surface area contributed by atoms with Gasteiger partial charge in [-0.25, -0.2) is 4.98 Å². The first-order valence-corrected chi connectivity index (χ1v) is 9.15. The van der Waals surface area contributed by atoms with Crippen LogP contribution in [0.25, 0.3) is 0 Å². The SMILES string of the molecule is CC(=O)N[C@H](CC(=O)O[C@@H](C)C(=O)Nc1ncc(Cl)cc1Cl)c1ccccc1. The molecule has 0 saturated heterocycles. The van der Waals surface area contributed by atoms with Crippen LogP contribution in [0.15, 0.2) is 42.6 Å². The van der Waals surface area contributed by atoms with Crippen molar-refractivity contribution in [3.05, 3.63) is 58.2 Å². The molecular formula is C19H19Cl2N3O4. The van der Waals surface area contributed by atoms with Crippen molar-refractivity contribution in [3.8, 4) is 0 Å². The number of benzene rings is 1. The maximum absolute atomic E-state index is 12.3. The van der Waals surface area contributed by atoms with Gasteiger partial charge in [-0.3, -0.25) is 14.4 Å². The number of rotatable bonds is 7. The van der Waals surface area contributed by atoms with Gasteiger partial charge in [0.25, 0.3) is 5.91 Å². The maximum atomic E-state index is 12.3. The summed E-state index contributed by atoms with van der Waals surface area (Å²) >= 11 is 11.7. The number of esters is 1. The second kappa shape index (κ2) is 10.1. The van der Waals surface area contributed by atoms with Crippen LogP contribution in [0.1, 0.15) is 31.9 Å². The van der Waals surface area contributed by atoms with Crippen LogP contribution in [0, 0.1) is 0 Å². The molecule has 0 spiro atoms. The molecule has 28 heavy (non-hydrogen) atoms. The molecule has 2 atom stereocenters. The van der Waals surface area contributed by atoms with Crippen LogP contribution in [0.4, 0.5) is 5.82 Å². The van der Waals surface area contributed by atoms with Gasteiger partial charge in [0, 0.05) is 13.1 Å². The minimum atomic E-state index is -1.09. The van der Waals surface area contributed by atoms with Gasteiger partial charge >= 0.3 is 5.97 Å². The van der Waals surface area contributed by atoms with E-state index in [1.165, 1.54) is 26.1 Å². The molecule has 0 fully saturated rings. The highest BCUT2D eigenvalue weighted by Gasteiger charge is 2.23. The van der Waals surface area contributed by atoms with Crippen LogP contribution in [-0.4, -0.2) is 28.9 Å². The van der Waals surface area contributed by atoms with Crippen LogP contribution in [0.3, 0.4) is 0 Å². The number of hydrogen-bond acceptors (Lipinski definition) is 5. The molecule has 1 aromatic heterocycles. The zero-order valence-corrected chi connectivity index (χ0v) is 16.8. The Bertz CT molecular complexity index is 862. The van der Waals surface area contributed by atoms with Crippen molar-refractivity contribution in [2.24, 2.45) is 0 Å². The molecule has 148 valence electrons. The van der Waals surface area contributed by atoms with Crippen molar-refractivity contribution >= 4 is 46.8 Å². The predicted octanol–water partition coefficient (Wildman–Crippen LogP) is 3.53. The molecular weight excluding hydrogens is 405 g/mol. The summed E-state index contributed by atoms with van der Waals surface area (Å²) in [7, 11) is 0. The van der Waals surface area contributed by atoms with Gasteiger partial charge in [-0.05, 0) is 18.6 Å². The zero-order valence-electron chi connectivity index (χ0n) is 15.2. The fourth-order valence-electron chi connectivity index (χ4n) is 2.37. The van der Waals surface area contributed by atoms with Crippen molar-refractivity contribution in [1.82, 2.24) is 10.3 Å². The lowest BCUT2D eigenvalue weighted by molar-refractivity contribution is -0.153. The van der Waals surface area contributed by atoms with E-state index in [1.807, 2.05) is 6.07 Å². The number of halogens is 2. The second-order valence-electron chi connectivity index (χ2n) is 5.97. The predicted molar refractivity (Wildman–Crippen MR) is 106 cm³/mol. The number of carbonyl (C=O) groups is 3. The number of pyridine rings is 1. The van der Waals surface area contributed by atoms with E-state index in [9.17, 15) is 14.4 Å². The average Bonchev–Trinajstić information content (AvgIpc) is 2.63. The highest BCUT2D eigenvalue weighted by Crippen LogP contribution is 2.23. The Balaban J connectivity index is 1.97. The summed E-state index contributed by atoms with van der Waals surface area (Å²) < 4.78 is 5.18. The molecule has 1 heterocycles. The minimum absolute atomic E-state index is 0.111. The first-order chi connectivity index (χ1) is 13.3. The summed E-state index contributed by atoms with van der Waals surface area (Å²) in [6.45, 7) is 2.78. The summed E-state index contributed by atoms with van der Waals surface area (Å²) in [5.41, 5.74) is 0.754. The lowest BCUT2D eigenvalue weighted by Crippen LogP contribution is -2.33. The Hall–Kier alpha value is -2.64. The zero-order chi connectivity index (χ0) is 20.7. The summed E-state index contributed by atoms with van der Waals surface area (Å²) in [6.07, 6.45) is 0.119. The number of amides is 2. The first kappa shape index (κ1) is 21.7. The van der Waals surface area contributed by atoms with Crippen molar-refractivity contribution in [1.29, 1.82) is 0 Å². The summed E-state index contributed by atoms with van der Waals surface area (Å²) in [5.74, 6) is -1.41. The van der Waals surface area contributed by atoms with Crippen LogP contribution in [0.5, 0.6) is 0 Å². The summed E-state index contributed by atoms with van der Waals surface area (Å²) in [6, 6.07) is 9.88. The Kier molecular flexibility index (Phi) is 7.78. The van der Waals surface area contributed by atoms with Crippen molar-refractivity contribution in [3.63, 3.8) is 0 Å². The second-order valence-corrected chi connectivity index (χ2v) is 6.82. The third-order valence-corrected chi connectivity index (χ3v) is 4.17. The lowest BCUT2D eigenvalue weighted by atomic mass is 10.0. The molecule has 0 aliphatic carbocycles. The number of ether oxygens (including phenoxy) is 1. The smallest absolute Gasteiger partial charge is 0.309 e. The molecule has 0 aliphatic rings. The highest BCUT2D eigenvalue weighted by molar-refractivity contribution is 6.36. The molecule has 1 aromatic carbocycles. The Morgan fingerprint density at radius 2 is 1.86 bits per heavy atom. The van der Waals surface area contributed by atoms with Crippen molar-refractivity contribution < 1.29 is 19.1 Å². The molecule has 2 rings (SSSR count).